The van der Waals surface area contributed by atoms with Gasteiger partial charge in [0.25, 0.3) is 0 Å². The largest absolute Gasteiger partial charge is 0.480 e. The van der Waals surface area contributed by atoms with E-state index in [4.69, 9.17) is 0 Å². The maximum atomic E-state index is 11.4. The molecule has 0 fully saturated rings. The Balaban J connectivity index is 1.82. The zero-order valence-corrected chi connectivity index (χ0v) is 18.1. The molecule has 1 heterocycles. The van der Waals surface area contributed by atoms with Gasteiger partial charge in [-0.25, -0.2) is 0 Å². The van der Waals surface area contributed by atoms with Gasteiger partial charge in [0.2, 0.25) is 5.82 Å². The minimum Gasteiger partial charge on any atom is -0.480 e. The third-order valence-corrected chi connectivity index (χ3v) is 4.91. The van der Waals surface area contributed by atoms with Gasteiger partial charge in [0.15, 0.2) is 0 Å². The number of benzene rings is 2. The van der Waals surface area contributed by atoms with Crippen LogP contribution < -0.4 is 5.32 Å². The van der Waals surface area contributed by atoms with Crippen molar-refractivity contribution in [1.29, 1.82) is 0 Å². The number of carboxylic acids is 1. The molecule has 3 aromatic rings. The average Bonchev–Trinajstić information content (AvgIpc) is 3.19. The summed E-state index contributed by atoms with van der Waals surface area (Å²) in [6.45, 7) is 10.4. The molecular weight excluding hydrogens is 378 g/mol. The molecular formula is C23H29N5O2. The van der Waals surface area contributed by atoms with Crippen LogP contribution in [0.15, 0.2) is 48.5 Å². The second-order valence-corrected chi connectivity index (χ2v) is 8.76. The van der Waals surface area contributed by atoms with Crippen molar-refractivity contribution in [2.45, 2.75) is 52.7 Å². The van der Waals surface area contributed by atoms with Gasteiger partial charge in [-0.15, -0.1) is 10.2 Å². The highest BCUT2D eigenvalue weighted by Gasteiger charge is 2.21. The number of aliphatic carboxylic acids is 1. The summed E-state index contributed by atoms with van der Waals surface area (Å²) in [5, 5.41) is 25.5. The van der Waals surface area contributed by atoms with Crippen molar-refractivity contribution in [1.82, 2.24) is 25.5 Å². The quantitative estimate of drug-likeness (QED) is 0.616. The summed E-state index contributed by atoms with van der Waals surface area (Å²) >= 11 is 0. The van der Waals surface area contributed by atoms with Crippen molar-refractivity contribution in [2.75, 3.05) is 0 Å². The Morgan fingerprint density at radius 3 is 2.23 bits per heavy atom. The zero-order valence-electron chi connectivity index (χ0n) is 18.1. The third kappa shape index (κ3) is 4.91. The van der Waals surface area contributed by atoms with Crippen LogP contribution in [0.1, 0.15) is 40.2 Å². The van der Waals surface area contributed by atoms with Crippen LogP contribution in [0.2, 0.25) is 0 Å². The Hall–Kier alpha value is -3.06. The van der Waals surface area contributed by atoms with E-state index in [0.29, 0.717) is 12.4 Å². The molecule has 7 nitrogen and oxygen atoms in total. The predicted molar refractivity (Wildman–Crippen MR) is 117 cm³/mol. The summed E-state index contributed by atoms with van der Waals surface area (Å²) < 4.78 is 0. The molecule has 0 saturated heterocycles. The number of hydrogen-bond acceptors (Lipinski definition) is 5. The molecule has 0 unspecified atom stereocenters. The van der Waals surface area contributed by atoms with E-state index in [1.165, 1.54) is 0 Å². The van der Waals surface area contributed by atoms with E-state index in [0.717, 1.165) is 22.3 Å². The number of nitrogens with one attached hydrogen (secondary N) is 1. The second-order valence-electron chi connectivity index (χ2n) is 8.76. The topological polar surface area (TPSA) is 92.9 Å². The molecule has 30 heavy (non-hydrogen) atoms. The number of carbonyl (C=O) groups is 1. The van der Waals surface area contributed by atoms with Crippen molar-refractivity contribution >= 4 is 5.97 Å². The van der Waals surface area contributed by atoms with Crippen LogP contribution in [0.3, 0.4) is 0 Å². The molecule has 2 N–H and O–H groups in total. The molecule has 158 valence electrons. The summed E-state index contributed by atoms with van der Waals surface area (Å²) in [6, 6.07) is 15.5. The molecule has 0 radical (unpaired) electrons. The Kier molecular flexibility index (Phi) is 6.31. The molecule has 2 aromatic carbocycles. The lowest BCUT2D eigenvalue weighted by molar-refractivity contribution is -0.140. The van der Waals surface area contributed by atoms with Gasteiger partial charge in [-0.3, -0.25) is 4.79 Å². The lowest BCUT2D eigenvalue weighted by Crippen LogP contribution is -2.40. The van der Waals surface area contributed by atoms with Crippen molar-refractivity contribution in [3.63, 3.8) is 0 Å². The molecule has 1 aromatic heterocycles. The van der Waals surface area contributed by atoms with Crippen molar-refractivity contribution in [2.24, 2.45) is 5.92 Å². The molecule has 0 aliphatic rings. The van der Waals surface area contributed by atoms with Gasteiger partial charge >= 0.3 is 5.97 Å². The van der Waals surface area contributed by atoms with E-state index >= 15 is 0 Å². The first kappa shape index (κ1) is 21.6. The molecule has 3 rings (SSSR count). The molecule has 1 atom stereocenters. The van der Waals surface area contributed by atoms with E-state index in [2.05, 4.69) is 20.7 Å². The molecule has 0 amide bonds. The van der Waals surface area contributed by atoms with Crippen LogP contribution >= 0.6 is 0 Å². The maximum Gasteiger partial charge on any atom is 0.320 e. The van der Waals surface area contributed by atoms with Crippen LogP contribution in [0.5, 0.6) is 0 Å². The first-order valence-electron chi connectivity index (χ1n) is 10.1. The van der Waals surface area contributed by atoms with Crippen molar-refractivity contribution in [3.05, 3.63) is 54.1 Å². The van der Waals surface area contributed by atoms with Gasteiger partial charge in [0, 0.05) is 12.1 Å². The van der Waals surface area contributed by atoms with Crippen molar-refractivity contribution < 1.29 is 9.90 Å². The lowest BCUT2D eigenvalue weighted by Gasteiger charge is -2.18. The number of tetrazole rings is 1. The number of aromatic nitrogens is 4. The van der Waals surface area contributed by atoms with E-state index in [-0.39, 0.29) is 11.5 Å². The monoisotopic (exact) mass is 407 g/mol. The van der Waals surface area contributed by atoms with Gasteiger partial charge < -0.3 is 10.4 Å². The number of hydrogen-bond donors (Lipinski definition) is 2. The van der Waals surface area contributed by atoms with Crippen LogP contribution in [-0.4, -0.2) is 37.3 Å². The molecule has 0 aliphatic carbocycles. The van der Waals surface area contributed by atoms with Crippen LogP contribution in [0.25, 0.3) is 22.5 Å². The standard InChI is InChI=1S/C23H29N5O2/c1-15(2)20(22(29)30)24-14-16-10-12-17(13-11-16)18-8-6-7-9-19(18)21-25-27-28(26-21)23(3,4)5/h6-13,15,20,24H,14H2,1-5H3,(H,29,30)/t20-/m0/s1. The summed E-state index contributed by atoms with van der Waals surface area (Å²) in [5.74, 6) is -0.221. The molecule has 0 aliphatic heterocycles. The average molecular weight is 408 g/mol. The van der Waals surface area contributed by atoms with Crippen LogP contribution in [0.4, 0.5) is 0 Å². The normalized spacial score (nSPS) is 12.9. The fourth-order valence-corrected chi connectivity index (χ4v) is 3.17. The van der Waals surface area contributed by atoms with Gasteiger partial charge in [0.1, 0.15) is 6.04 Å². The van der Waals surface area contributed by atoms with Gasteiger partial charge in [-0.1, -0.05) is 62.4 Å². The van der Waals surface area contributed by atoms with E-state index in [9.17, 15) is 9.90 Å². The molecule has 0 bridgehead atoms. The summed E-state index contributed by atoms with van der Waals surface area (Å²) in [7, 11) is 0. The fourth-order valence-electron chi connectivity index (χ4n) is 3.17. The number of nitrogens with zero attached hydrogens (tertiary/aromatic N) is 4. The zero-order chi connectivity index (χ0) is 21.9. The Morgan fingerprint density at radius 1 is 1.07 bits per heavy atom. The molecule has 0 spiro atoms. The first-order valence-corrected chi connectivity index (χ1v) is 10.1. The Bertz CT molecular complexity index is 1000. The smallest absolute Gasteiger partial charge is 0.320 e. The summed E-state index contributed by atoms with van der Waals surface area (Å²) in [6.07, 6.45) is 0. The second kappa shape index (κ2) is 8.75. The van der Waals surface area contributed by atoms with Gasteiger partial charge in [0.05, 0.1) is 5.54 Å². The molecule has 7 heteroatoms. The van der Waals surface area contributed by atoms with Crippen LogP contribution in [0, 0.1) is 5.92 Å². The summed E-state index contributed by atoms with van der Waals surface area (Å²) in [5.41, 5.74) is 3.78. The van der Waals surface area contributed by atoms with Gasteiger partial charge in [-0.05, 0) is 48.6 Å². The number of carboxylic acid groups (broad SMARTS) is 1. The SMILES string of the molecule is CC(C)[C@H](NCc1ccc(-c2ccccc2-c2nnn(C(C)(C)C)n2)cc1)C(=O)O. The van der Waals surface area contributed by atoms with Crippen LogP contribution in [-0.2, 0) is 16.9 Å². The Labute approximate surface area is 177 Å². The van der Waals surface area contributed by atoms with E-state index in [1.54, 1.807) is 4.80 Å². The summed E-state index contributed by atoms with van der Waals surface area (Å²) in [4.78, 5) is 13.0. The van der Waals surface area contributed by atoms with Gasteiger partial charge in [-0.2, -0.15) is 4.80 Å². The van der Waals surface area contributed by atoms with Crippen molar-refractivity contribution in [3.8, 4) is 22.5 Å². The minimum absolute atomic E-state index is 0.0164. The highest BCUT2D eigenvalue weighted by Crippen LogP contribution is 2.30. The Morgan fingerprint density at radius 2 is 1.70 bits per heavy atom. The van der Waals surface area contributed by atoms with E-state index in [1.807, 2.05) is 83.1 Å². The minimum atomic E-state index is -0.827. The van der Waals surface area contributed by atoms with E-state index < -0.39 is 12.0 Å². The highest BCUT2D eigenvalue weighted by atomic mass is 16.4. The maximum absolute atomic E-state index is 11.4. The molecule has 0 saturated carbocycles. The lowest BCUT2D eigenvalue weighted by atomic mass is 9.98. The fraction of sp³-hybridized carbons (Fsp3) is 0.391. The first-order chi connectivity index (χ1) is 14.2. The predicted octanol–water partition coefficient (Wildman–Crippen LogP) is 3.96. The number of rotatable bonds is 7. The highest BCUT2D eigenvalue weighted by molar-refractivity contribution is 5.80. The third-order valence-electron chi connectivity index (χ3n) is 4.91.